The molecule has 8 heteroatoms. The lowest BCUT2D eigenvalue weighted by Gasteiger charge is -2.32. The minimum atomic E-state index is 0.0183. The molecule has 116 valence electrons. The van der Waals surface area contributed by atoms with Gasteiger partial charge in [-0.2, -0.15) is 15.0 Å². The monoisotopic (exact) mass is 294 g/mol. The molecule has 1 saturated heterocycles. The predicted molar refractivity (Wildman–Crippen MR) is 79.6 cm³/mol. The number of hydrogen-bond donors (Lipinski definition) is 2. The van der Waals surface area contributed by atoms with Crippen LogP contribution in [0.4, 0.5) is 11.9 Å². The lowest BCUT2D eigenvalue weighted by molar-refractivity contribution is -0.119. The second-order valence-electron chi connectivity index (χ2n) is 4.89. The summed E-state index contributed by atoms with van der Waals surface area (Å²) < 4.78 is 5.37. The van der Waals surface area contributed by atoms with Gasteiger partial charge in [-0.3, -0.25) is 4.79 Å². The van der Waals surface area contributed by atoms with Gasteiger partial charge in [0.25, 0.3) is 0 Å². The standard InChI is InChI=1S/C13H22N6O2/c1-4-21-13-17-11(14-3)16-12(18-13)19-7-5-10(6-8-19)15-9(2)20/h10H,4-8H2,1-3H3,(H,15,20)(H,14,16,17,18). The van der Waals surface area contributed by atoms with Crippen LogP contribution in [-0.2, 0) is 4.79 Å². The first kappa shape index (κ1) is 15.3. The van der Waals surface area contributed by atoms with Crippen LogP contribution in [0.3, 0.4) is 0 Å². The molecule has 0 spiro atoms. The summed E-state index contributed by atoms with van der Waals surface area (Å²) >= 11 is 0. The first-order valence-corrected chi connectivity index (χ1v) is 7.21. The van der Waals surface area contributed by atoms with Gasteiger partial charge in [-0.1, -0.05) is 0 Å². The van der Waals surface area contributed by atoms with Gasteiger partial charge in [0.2, 0.25) is 17.8 Å². The van der Waals surface area contributed by atoms with Crippen molar-refractivity contribution in [2.24, 2.45) is 0 Å². The summed E-state index contributed by atoms with van der Waals surface area (Å²) in [4.78, 5) is 26.0. The largest absolute Gasteiger partial charge is 0.464 e. The summed E-state index contributed by atoms with van der Waals surface area (Å²) in [5.41, 5.74) is 0. The van der Waals surface area contributed by atoms with Crippen LogP contribution >= 0.6 is 0 Å². The Morgan fingerprint density at radius 2 is 2.05 bits per heavy atom. The molecule has 2 rings (SSSR count). The van der Waals surface area contributed by atoms with Gasteiger partial charge in [0.1, 0.15) is 0 Å². The van der Waals surface area contributed by atoms with E-state index in [2.05, 4.69) is 30.5 Å². The molecule has 1 aliphatic heterocycles. The number of carbonyl (C=O) groups excluding carboxylic acids is 1. The number of nitrogens with one attached hydrogen (secondary N) is 2. The summed E-state index contributed by atoms with van der Waals surface area (Å²) in [5, 5.41) is 5.87. The van der Waals surface area contributed by atoms with Crippen molar-refractivity contribution >= 4 is 17.8 Å². The van der Waals surface area contributed by atoms with Crippen LogP contribution in [0, 0.1) is 0 Å². The molecule has 0 atom stereocenters. The third-order valence-electron chi connectivity index (χ3n) is 3.29. The van der Waals surface area contributed by atoms with Gasteiger partial charge in [-0.25, -0.2) is 0 Å². The van der Waals surface area contributed by atoms with Gasteiger partial charge < -0.3 is 20.3 Å². The second-order valence-corrected chi connectivity index (χ2v) is 4.89. The average Bonchev–Trinajstić information content (AvgIpc) is 2.47. The SMILES string of the molecule is CCOc1nc(NC)nc(N2CCC(NC(C)=O)CC2)n1. The molecule has 1 amide bonds. The molecule has 2 heterocycles. The van der Waals surface area contributed by atoms with Crippen molar-refractivity contribution in [3.05, 3.63) is 0 Å². The molecule has 8 nitrogen and oxygen atoms in total. The van der Waals surface area contributed by atoms with Crippen molar-refractivity contribution in [1.29, 1.82) is 0 Å². The normalized spacial score (nSPS) is 15.7. The molecule has 1 fully saturated rings. The zero-order chi connectivity index (χ0) is 15.2. The lowest BCUT2D eigenvalue weighted by atomic mass is 10.1. The van der Waals surface area contributed by atoms with Gasteiger partial charge in [-0.15, -0.1) is 0 Å². The highest BCUT2D eigenvalue weighted by molar-refractivity contribution is 5.73. The van der Waals surface area contributed by atoms with E-state index in [0.717, 1.165) is 25.9 Å². The molecule has 0 bridgehead atoms. The summed E-state index contributed by atoms with van der Waals surface area (Å²) in [6.45, 7) is 5.54. The smallest absolute Gasteiger partial charge is 0.323 e. The minimum absolute atomic E-state index is 0.0183. The predicted octanol–water partition coefficient (Wildman–Crippen LogP) is 0.417. The van der Waals surface area contributed by atoms with Crippen molar-refractivity contribution in [3.8, 4) is 6.01 Å². The summed E-state index contributed by atoms with van der Waals surface area (Å²) in [5.74, 6) is 1.12. The summed E-state index contributed by atoms with van der Waals surface area (Å²) in [7, 11) is 1.76. The van der Waals surface area contributed by atoms with E-state index in [0.29, 0.717) is 24.5 Å². The molecule has 1 aromatic heterocycles. The first-order valence-electron chi connectivity index (χ1n) is 7.21. The van der Waals surface area contributed by atoms with E-state index in [9.17, 15) is 4.79 Å². The van der Waals surface area contributed by atoms with E-state index in [1.807, 2.05) is 6.92 Å². The Balaban J connectivity index is 2.05. The molecule has 0 saturated carbocycles. The number of amides is 1. The van der Waals surface area contributed by atoms with Gasteiger partial charge >= 0.3 is 6.01 Å². The van der Waals surface area contributed by atoms with Crippen molar-refractivity contribution in [2.75, 3.05) is 37.0 Å². The first-order chi connectivity index (χ1) is 10.1. The van der Waals surface area contributed by atoms with Gasteiger partial charge in [0.05, 0.1) is 6.61 Å². The number of nitrogens with zero attached hydrogens (tertiary/aromatic N) is 4. The molecule has 0 radical (unpaired) electrons. The molecule has 1 aromatic rings. The fourth-order valence-electron chi connectivity index (χ4n) is 2.30. The maximum Gasteiger partial charge on any atom is 0.323 e. The van der Waals surface area contributed by atoms with E-state index >= 15 is 0 Å². The van der Waals surface area contributed by atoms with Crippen molar-refractivity contribution in [1.82, 2.24) is 20.3 Å². The fourth-order valence-corrected chi connectivity index (χ4v) is 2.30. The van der Waals surface area contributed by atoms with Crippen molar-refractivity contribution in [2.45, 2.75) is 32.7 Å². The molecule has 0 unspecified atom stereocenters. The number of piperidine rings is 1. The number of aromatic nitrogens is 3. The average molecular weight is 294 g/mol. The molecule has 21 heavy (non-hydrogen) atoms. The van der Waals surface area contributed by atoms with Gasteiger partial charge in [-0.05, 0) is 19.8 Å². The number of anilines is 2. The highest BCUT2D eigenvalue weighted by atomic mass is 16.5. The summed E-state index contributed by atoms with van der Waals surface area (Å²) in [6, 6.07) is 0.562. The van der Waals surface area contributed by atoms with Crippen molar-refractivity contribution < 1.29 is 9.53 Å². The lowest BCUT2D eigenvalue weighted by Crippen LogP contribution is -2.44. The van der Waals surface area contributed by atoms with E-state index in [-0.39, 0.29) is 11.9 Å². The van der Waals surface area contributed by atoms with Crippen LogP contribution in [0.5, 0.6) is 6.01 Å². The van der Waals surface area contributed by atoms with Crippen LogP contribution in [0.2, 0.25) is 0 Å². The van der Waals surface area contributed by atoms with Crippen LogP contribution in [0.25, 0.3) is 0 Å². The van der Waals surface area contributed by atoms with E-state index in [4.69, 9.17) is 4.74 Å². The molecular weight excluding hydrogens is 272 g/mol. The Morgan fingerprint density at radius 3 is 2.62 bits per heavy atom. The summed E-state index contributed by atoms with van der Waals surface area (Å²) in [6.07, 6.45) is 1.76. The fraction of sp³-hybridized carbons (Fsp3) is 0.692. The highest BCUT2D eigenvalue weighted by Crippen LogP contribution is 2.19. The highest BCUT2D eigenvalue weighted by Gasteiger charge is 2.22. The van der Waals surface area contributed by atoms with E-state index in [1.54, 1.807) is 14.0 Å². The molecule has 1 aliphatic rings. The van der Waals surface area contributed by atoms with E-state index < -0.39 is 0 Å². The Kier molecular flexibility index (Phi) is 5.13. The number of carbonyl (C=O) groups is 1. The van der Waals surface area contributed by atoms with Crippen molar-refractivity contribution in [3.63, 3.8) is 0 Å². The van der Waals surface area contributed by atoms with Crippen LogP contribution < -0.4 is 20.3 Å². The Bertz CT molecular complexity index is 488. The number of rotatable bonds is 5. The minimum Gasteiger partial charge on any atom is -0.464 e. The Labute approximate surface area is 124 Å². The molecule has 0 aliphatic carbocycles. The zero-order valence-electron chi connectivity index (χ0n) is 12.7. The van der Waals surface area contributed by atoms with Crippen LogP contribution in [0.15, 0.2) is 0 Å². The third-order valence-corrected chi connectivity index (χ3v) is 3.29. The number of ether oxygens (including phenoxy) is 1. The maximum atomic E-state index is 11.1. The number of hydrogen-bond acceptors (Lipinski definition) is 7. The third kappa shape index (κ3) is 4.17. The Morgan fingerprint density at radius 1 is 1.33 bits per heavy atom. The van der Waals surface area contributed by atoms with Crippen LogP contribution in [-0.4, -0.2) is 53.6 Å². The maximum absolute atomic E-state index is 11.1. The van der Waals surface area contributed by atoms with Gasteiger partial charge in [0, 0.05) is 33.1 Å². The van der Waals surface area contributed by atoms with Crippen LogP contribution in [0.1, 0.15) is 26.7 Å². The van der Waals surface area contributed by atoms with E-state index in [1.165, 1.54) is 0 Å². The second kappa shape index (κ2) is 7.05. The molecular formula is C13H22N6O2. The molecule has 2 N–H and O–H groups in total. The quantitative estimate of drug-likeness (QED) is 0.813. The zero-order valence-corrected chi connectivity index (χ0v) is 12.7. The molecule has 0 aromatic carbocycles. The Hall–Kier alpha value is -2.12. The van der Waals surface area contributed by atoms with Gasteiger partial charge in [0.15, 0.2) is 0 Å². The topological polar surface area (TPSA) is 92.3 Å².